The Morgan fingerprint density at radius 3 is 0.816 bits per heavy atom. The van der Waals surface area contributed by atoms with Crippen LogP contribution in [0.4, 0.5) is 0 Å². The van der Waals surface area contributed by atoms with Gasteiger partial charge in [-0.05, 0) is 49.4 Å². The summed E-state index contributed by atoms with van der Waals surface area (Å²) in [5.41, 5.74) is 0. The molecule has 0 spiro atoms. The van der Waals surface area contributed by atoms with Crippen LogP contribution in [0.3, 0.4) is 0 Å². The van der Waals surface area contributed by atoms with Gasteiger partial charge in [0.05, 0.1) is 26.4 Å². The lowest BCUT2D eigenvalue weighted by Crippen LogP contribution is -2.30. The van der Waals surface area contributed by atoms with E-state index in [1.54, 1.807) is 0 Å². The number of unbranched alkanes of at least 4 members (excludes halogenated alkanes) is 30. The maximum atomic E-state index is 13.0. The summed E-state index contributed by atoms with van der Waals surface area (Å²) in [6.07, 6.45) is 39.3. The minimum atomic E-state index is -4.95. The molecule has 0 aliphatic carbocycles. The largest absolute Gasteiger partial charge is 0.472 e. The number of hydrogen-bond donors (Lipinski definition) is 3. The topological polar surface area (TPSA) is 237 Å². The molecule has 0 bridgehead atoms. The van der Waals surface area contributed by atoms with E-state index in [0.29, 0.717) is 37.5 Å². The van der Waals surface area contributed by atoms with Gasteiger partial charge in [-0.2, -0.15) is 0 Å². The van der Waals surface area contributed by atoms with Crippen molar-refractivity contribution in [3.05, 3.63) is 0 Å². The Bertz CT molecular complexity index is 1730. The quantitative estimate of drug-likeness (QED) is 0.0222. The van der Waals surface area contributed by atoms with Crippen LogP contribution in [0.25, 0.3) is 0 Å². The molecule has 516 valence electrons. The van der Waals surface area contributed by atoms with Gasteiger partial charge in [0.15, 0.2) is 12.2 Å². The van der Waals surface area contributed by atoms with Gasteiger partial charge in [-0.3, -0.25) is 37.3 Å². The van der Waals surface area contributed by atoms with Crippen molar-refractivity contribution in [1.29, 1.82) is 0 Å². The molecule has 0 aliphatic heterocycles. The van der Waals surface area contributed by atoms with E-state index in [9.17, 15) is 43.2 Å². The third-order valence-corrected chi connectivity index (χ3v) is 17.8. The molecule has 0 heterocycles. The maximum absolute atomic E-state index is 13.0. The molecular formula is C68H132O17P2. The fourth-order valence-corrected chi connectivity index (χ4v) is 11.7. The van der Waals surface area contributed by atoms with Crippen LogP contribution in [0.5, 0.6) is 0 Å². The molecule has 0 rings (SSSR count). The highest BCUT2D eigenvalue weighted by molar-refractivity contribution is 7.47. The Kier molecular flexibility index (Phi) is 56.6. The molecule has 3 N–H and O–H groups in total. The first kappa shape index (κ1) is 85.1. The number of rotatable bonds is 65. The third kappa shape index (κ3) is 61.3. The summed E-state index contributed by atoms with van der Waals surface area (Å²) in [4.78, 5) is 72.3. The first-order valence-corrected chi connectivity index (χ1v) is 38.2. The van der Waals surface area contributed by atoms with Crippen molar-refractivity contribution in [3.8, 4) is 0 Å². The van der Waals surface area contributed by atoms with Crippen molar-refractivity contribution in [2.75, 3.05) is 39.6 Å². The Balaban J connectivity index is 5.16. The van der Waals surface area contributed by atoms with Gasteiger partial charge in [0, 0.05) is 25.7 Å². The SMILES string of the molecule is CCC(C)CCCCCCCCC(=O)O[C@H](COC(=O)CCCCCCCCCC(C)C)COP(=O)(O)OCC(O)COP(=O)(O)OC[C@@H](COC(=O)CCCCCCCCCCCCCCCCCC(C)C)OC(=O)CCCCCCCCC(C)C. The molecule has 6 atom stereocenters. The first-order chi connectivity index (χ1) is 41.6. The lowest BCUT2D eigenvalue weighted by molar-refractivity contribution is -0.161. The minimum Gasteiger partial charge on any atom is -0.462 e. The predicted octanol–water partition coefficient (Wildman–Crippen LogP) is 18.9. The average Bonchev–Trinajstić information content (AvgIpc) is 3.69. The van der Waals surface area contributed by atoms with Gasteiger partial charge >= 0.3 is 39.5 Å². The van der Waals surface area contributed by atoms with Crippen LogP contribution in [-0.4, -0.2) is 96.7 Å². The van der Waals surface area contributed by atoms with Crippen LogP contribution in [0.15, 0.2) is 0 Å². The summed E-state index contributed by atoms with van der Waals surface area (Å²) < 4.78 is 68.1. The first-order valence-electron chi connectivity index (χ1n) is 35.2. The van der Waals surface area contributed by atoms with Gasteiger partial charge in [-0.25, -0.2) is 9.13 Å². The van der Waals surface area contributed by atoms with Crippen LogP contribution in [-0.2, 0) is 65.4 Å². The highest BCUT2D eigenvalue weighted by atomic mass is 31.2. The van der Waals surface area contributed by atoms with Crippen molar-refractivity contribution in [2.45, 2.75) is 350 Å². The molecule has 0 saturated carbocycles. The van der Waals surface area contributed by atoms with E-state index < -0.39 is 97.5 Å². The lowest BCUT2D eigenvalue weighted by atomic mass is 10.00. The Morgan fingerprint density at radius 2 is 0.552 bits per heavy atom. The van der Waals surface area contributed by atoms with Crippen LogP contribution in [0, 0.1) is 23.7 Å². The molecule has 0 aromatic rings. The number of hydrogen-bond acceptors (Lipinski definition) is 15. The monoisotopic (exact) mass is 1280 g/mol. The summed E-state index contributed by atoms with van der Waals surface area (Å²) in [5, 5.41) is 10.6. The lowest BCUT2D eigenvalue weighted by Gasteiger charge is -2.21. The number of aliphatic hydroxyl groups is 1. The molecule has 0 aromatic carbocycles. The van der Waals surface area contributed by atoms with E-state index >= 15 is 0 Å². The predicted molar refractivity (Wildman–Crippen MR) is 349 cm³/mol. The van der Waals surface area contributed by atoms with Crippen molar-refractivity contribution in [3.63, 3.8) is 0 Å². The van der Waals surface area contributed by atoms with Crippen molar-refractivity contribution >= 4 is 39.5 Å². The standard InChI is InChI=1S/C68H132O17P2/c1-9-61(8)47-39-31-25-27-35-43-51-68(73)85-64(55-79-66(71)49-41-33-23-19-21-29-37-45-59(4)5)57-83-87(76,77)81-53-62(69)52-80-86(74,75)82-56-63(84-67(72)50-42-34-26-24-30-38-46-60(6)7)54-78-65(70)48-40-32-22-18-16-14-12-10-11-13-15-17-20-28-36-44-58(2)3/h58-64,69H,9-57H2,1-8H3,(H,74,75)(H,76,77)/t61?,62?,63-,64-/m1/s1. The highest BCUT2D eigenvalue weighted by Crippen LogP contribution is 2.45. The molecule has 19 heteroatoms. The highest BCUT2D eigenvalue weighted by Gasteiger charge is 2.30. The van der Waals surface area contributed by atoms with Gasteiger partial charge < -0.3 is 33.8 Å². The van der Waals surface area contributed by atoms with E-state index in [1.807, 2.05) is 0 Å². The number of aliphatic hydroxyl groups excluding tert-OH is 1. The summed E-state index contributed by atoms with van der Waals surface area (Å²) in [6.45, 7) is 14.0. The number of phosphoric acid groups is 2. The minimum absolute atomic E-state index is 0.102. The molecule has 0 aliphatic rings. The van der Waals surface area contributed by atoms with Crippen molar-refractivity contribution in [1.82, 2.24) is 0 Å². The van der Waals surface area contributed by atoms with Crippen molar-refractivity contribution in [2.24, 2.45) is 23.7 Å². The molecule has 0 radical (unpaired) electrons. The second kappa shape index (κ2) is 57.9. The zero-order valence-corrected chi connectivity index (χ0v) is 58.4. The summed E-state index contributed by atoms with van der Waals surface area (Å²) in [5.74, 6) is 0.761. The van der Waals surface area contributed by atoms with Gasteiger partial charge in [0.2, 0.25) is 0 Å². The molecule has 17 nitrogen and oxygen atoms in total. The van der Waals surface area contributed by atoms with Gasteiger partial charge in [-0.15, -0.1) is 0 Å². The van der Waals surface area contributed by atoms with Crippen LogP contribution < -0.4 is 0 Å². The summed E-state index contributed by atoms with van der Waals surface area (Å²) >= 11 is 0. The van der Waals surface area contributed by atoms with E-state index in [-0.39, 0.29) is 25.7 Å². The van der Waals surface area contributed by atoms with Crippen molar-refractivity contribution < 1.29 is 80.2 Å². The molecule has 0 fully saturated rings. The molecule has 0 saturated heterocycles. The van der Waals surface area contributed by atoms with E-state index in [0.717, 1.165) is 108 Å². The number of ether oxygens (including phenoxy) is 4. The number of esters is 4. The second-order valence-corrected chi connectivity index (χ2v) is 29.1. The van der Waals surface area contributed by atoms with Crippen LogP contribution in [0.1, 0.15) is 331 Å². The molecule has 0 amide bonds. The summed E-state index contributed by atoms with van der Waals surface area (Å²) in [6, 6.07) is 0. The smallest absolute Gasteiger partial charge is 0.462 e. The molecular weight excluding hydrogens is 1150 g/mol. The summed E-state index contributed by atoms with van der Waals surface area (Å²) in [7, 11) is -9.89. The Morgan fingerprint density at radius 1 is 0.322 bits per heavy atom. The van der Waals surface area contributed by atoms with Gasteiger partial charge in [-0.1, -0.05) is 280 Å². The van der Waals surface area contributed by atoms with Gasteiger partial charge in [0.1, 0.15) is 19.3 Å². The third-order valence-electron chi connectivity index (χ3n) is 15.9. The molecule has 4 unspecified atom stereocenters. The van der Waals surface area contributed by atoms with E-state index in [1.165, 1.54) is 128 Å². The average molecular weight is 1280 g/mol. The second-order valence-electron chi connectivity index (χ2n) is 26.2. The Hall–Kier alpha value is -1.94. The normalized spacial score (nSPS) is 14.6. The fourth-order valence-electron chi connectivity index (χ4n) is 10.1. The van der Waals surface area contributed by atoms with Crippen LogP contribution in [0.2, 0.25) is 0 Å². The fraction of sp³-hybridized carbons (Fsp3) is 0.941. The number of carbonyl (C=O) groups is 4. The maximum Gasteiger partial charge on any atom is 0.472 e. The zero-order chi connectivity index (χ0) is 64.7. The molecule has 87 heavy (non-hydrogen) atoms. The van der Waals surface area contributed by atoms with E-state index in [2.05, 4.69) is 55.4 Å². The zero-order valence-electron chi connectivity index (χ0n) is 56.6. The van der Waals surface area contributed by atoms with E-state index in [4.69, 9.17) is 37.0 Å². The van der Waals surface area contributed by atoms with Crippen LogP contribution >= 0.6 is 15.6 Å². The molecule has 0 aromatic heterocycles. The Labute approximate surface area is 530 Å². The van der Waals surface area contributed by atoms with Gasteiger partial charge in [0.25, 0.3) is 0 Å². The number of phosphoric ester groups is 2. The number of carbonyl (C=O) groups excluding carboxylic acids is 4.